The van der Waals surface area contributed by atoms with Crippen LogP contribution in [0.1, 0.15) is 39.7 Å². The molecule has 0 fully saturated rings. The summed E-state index contributed by atoms with van der Waals surface area (Å²) in [6.07, 6.45) is 10.9. The second-order valence-electron chi connectivity index (χ2n) is 3.09. The Kier molecular flexibility index (Phi) is 15.0. The summed E-state index contributed by atoms with van der Waals surface area (Å²) in [4.78, 5) is 0. The van der Waals surface area contributed by atoms with Crippen molar-refractivity contribution in [2.75, 3.05) is 0 Å². The van der Waals surface area contributed by atoms with Gasteiger partial charge in [0.05, 0.1) is 0 Å². The number of hydrogen-bond acceptors (Lipinski definition) is 0. The number of aryl methyl sites for hydroxylation is 1. The van der Waals surface area contributed by atoms with E-state index in [1.54, 1.807) is 0 Å². The maximum Gasteiger partial charge on any atom is 2.00 e. The van der Waals surface area contributed by atoms with E-state index >= 15 is 0 Å². The Balaban J connectivity index is 0. The molecule has 2 radical (unpaired) electrons. The Morgan fingerprint density at radius 1 is 1.06 bits per heavy atom. The van der Waals surface area contributed by atoms with Crippen molar-refractivity contribution in [2.24, 2.45) is 0 Å². The zero-order valence-corrected chi connectivity index (χ0v) is 12.5. The summed E-state index contributed by atoms with van der Waals surface area (Å²) in [6, 6.07) is 8.56. The van der Waals surface area contributed by atoms with Gasteiger partial charge in [-0.3, -0.25) is 0 Å². The summed E-state index contributed by atoms with van der Waals surface area (Å²) < 4.78 is 0. The molecule has 0 amide bonds. The van der Waals surface area contributed by atoms with Crippen molar-refractivity contribution >= 4 is 0 Å². The molecule has 2 rings (SSSR count). The molecule has 96 valence electrons. The number of rotatable bonds is 3. The fraction of sp³-hybridized carbons (Fsp3) is 0.375. The van der Waals surface area contributed by atoms with E-state index in [0.29, 0.717) is 0 Å². The van der Waals surface area contributed by atoms with Gasteiger partial charge in [-0.2, -0.15) is 17.7 Å². The van der Waals surface area contributed by atoms with Gasteiger partial charge in [-0.15, -0.1) is 6.42 Å². The van der Waals surface area contributed by atoms with E-state index < -0.39 is 0 Å². The van der Waals surface area contributed by atoms with Gasteiger partial charge in [0.25, 0.3) is 0 Å². The summed E-state index contributed by atoms with van der Waals surface area (Å²) in [5.41, 5.74) is 1.44. The molecule has 0 heterocycles. The van der Waals surface area contributed by atoms with Crippen LogP contribution >= 0.6 is 0 Å². The van der Waals surface area contributed by atoms with Gasteiger partial charge in [-0.1, -0.05) is 46.5 Å². The van der Waals surface area contributed by atoms with Crippen molar-refractivity contribution in [2.45, 2.75) is 40.5 Å². The molecule has 0 aromatic heterocycles. The molecule has 1 heteroatoms. The van der Waals surface area contributed by atoms with Crippen molar-refractivity contribution in [3.05, 3.63) is 60.7 Å². The van der Waals surface area contributed by atoms with Crippen molar-refractivity contribution < 1.29 is 17.1 Å². The third-order valence-electron chi connectivity index (χ3n) is 2.17. The first-order valence-corrected chi connectivity index (χ1v) is 6.36. The topological polar surface area (TPSA) is 0 Å². The summed E-state index contributed by atoms with van der Waals surface area (Å²) >= 11 is 0. The third kappa shape index (κ3) is 8.24. The first-order chi connectivity index (χ1) is 7.95. The molecule has 0 aliphatic heterocycles. The summed E-state index contributed by atoms with van der Waals surface area (Å²) in [6.45, 7) is 8.00. The Bertz CT molecular complexity index is 238. The van der Waals surface area contributed by atoms with Gasteiger partial charge in [0, 0.05) is 0 Å². The number of hydrogen-bond donors (Lipinski definition) is 0. The molecule has 0 atom stereocenters. The predicted molar refractivity (Wildman–Crippen MR) is 74.0 cm³/mol. The molecular formula is C16H24Fe. The number of allylic oxidation sites excluding steroid dienone is 2. The Labute approximate surface area is 118 Å². The van der Waals surface area contributed by atoms with E-state index in [1.165, 1.54) is 11.5 Å². The zero-order valence-electron chi connectivity index (χ0n) is 11.4. The Hall–Kier alpha value is -0.521. The molecule has 0 unspecified atom stereocenters. The summed E-state index contributed by atoms with van der Waals surface area (Å²) in [5, 5.41) is 0. The van der Waals surface area contributed by atoms with Gasteiger partial charge >= 0.3 is 17.1 Å². The molecule has 0 saturated heterocycles. The third-order valence-corrected chi connectivity index (χ3v) is 2.17. The fourth-order valence-electron chi connectivity index (χ4n) is 1.45. The molecule has 0 N–H and O–H groups in total. The minimum Gasteiger partial charge on any atom is -0.231 e. The standard InChI is InChI=1S/C12H12.2C2H6.Fe/c1-2-6-11(5-1)9-10-12-7-3-4-8-12;2*1-2;/h1-8H,9-10H2;2*1-2H3;/q-2;;;+2. The fourth-order valence-corrected chi connectivity index (χ4v) is 1.45. The van der Waals surface area contributed by atoms with E-state index in [4.69, 9.17) is 0 Å². The second kappa shape index (κ2) is 13.5. The van der Waals surface area contributed by atoms with Gasteiger partial charge in [-0.05, 0) is 0 Å². The van der Waals surface area contributed by atoms with Gasteiger partial charge < -0.3 is 0 Å². The molecule has 1 aliphatic rings. The SMILES string of the molecule is CC.CC.[CH]1C=C[CH-][C]1CCc1ccc[cH-]1.[Fe+2]. The molecule has 17 heavy (non-hydrogen) atoms. The van der Waals surface area contributed by atoms with Crippen molar-refractivity contribution in [1.29, 1.82) is 0 Å². The zero-order chi connectivity index (χ0) is 12.2. The van der Waals surface area contributed by atoms with Gasteiger partial charge in [-0.25, -0.2) is 30.7 Å². The second-order valence-corrected chi connectivity index (χ2v) is 3.09. The van der Waals surface area contributed by atoms with Gasteiger partial charge in [0.15, 0.2) is 0 Å². The van der Waals surface area contributed by atoms with E-state index in [-0.39, 0.29) is 17.1 Å². The molecule has 0 bridgehead atoms. The van der Waals surface area contributed by atoms with E-state index in [1.807, 2.05) is 27.7 Å². The van der Waals surface area contributed by atoms with Crippen LogP contribution in [0.15, 0.2) is 36.4 Å². The van der Waals surface area contributed by atoms with Gasteiger partial charge in [0.2, 0.25) is 0 Å². The molecule has 0 spiro atoms. The average Bonchev–Trinajstić information content (AvgIpc) is 3.05. The quantitative estimate of drug-likeness (QED) is 0.540. The van der Waals surface area contributed by atoms with Crippen LogP contribution in [-0.2, 0) is 23.5 Å². The van der Waals surface area contributed by atoms with Crippen LogP contribution in [0.5, 0.6) is 0 Å². The first-order valence-electron chi connectivity index (χ1n) is 6.36. The molecule has 1 aliphatic carbocycles. The molecule has 1 aromatic rings. The van der Waals surface area contributed by atoms with E-state index in [2.05, 4.69) is 49.3 Å². The van der Waals surface area contributed by atoms with Crippen LogP contribution in [0.4, 0.5) is 0 Å². The summed E-state index contributed by atoms with van der Waals surface area (Å²) in [7, 11) is 0. The van der Waals surface area contributed by atoms with Crippen molar-refractivity contribution in [3.63, 3.8) is 0 Å². The normalized spacial score (nSPS) is 12.5. The van der Waals surface area contributed by atoms with Crippen LogP contribution in [0.3, 0.4) is 0 Å². The Morgan fingerprint density at radius 2 is 1.76 bits per heavy atom. The minimum absolute atomic E-state index is 0. The largest absolute Gasteiger partial charge is 2.00 e. The van der Waals surface area contributed by atoms with Crippen molar-refractivity contribution in [3.8, 4) is 0 Å². The monoisotopic (exact) mass is 272 g/mol. The van der Waals surface area contributed by atoms with E-state index in [9.17, 15) is 0 Å². The maximum atomic E-state index is 2.18. The first kappa shape index (κ1) is 18.8. The minimum atomic E-state index is 0. The van der Waals surface area contributed by atoms with Gasteiger partial charge in [0.1, 0.15) is 0 Å². The van der Waals surface area contributed by atoms with E-state index in [0.717, 1.165) is 12.8 Å². The predicted octanol–water partition coefficient (Wildman–Crippen LogP) is 4.94. The Morgan fingerprint density at radius 3 is 2.24 bits per heavy atom. The smallest absolute Gasteiger partial charge is 0.231 e. The molecule has 0 saturated carbocycles. The van der Waals surface area contributed by atoms with Crippen LogP contribution in [0, 0.1) is 18.8 Å². The average molecular weight is 272 g/mol. The molecular weight excluding hydrogens is 248 g/mol. The maximum absolute atomic E-state index is 2.18. The van der Waals surface area contributed by atoms with Crippen LogP contribution in [0.2, 0.25) is 0 Å². The molecule has 1 aromatic carbocycles. The van der Waals surface area contributed by atoms with Crippen LogP contribution in [-0.4, -0.2) is 0 Å². The van der Waals surface area contributed by atoms with Crippen molar-refractivity contribution in [1.82, 2.24) is 0 Å². The van der Waals surface area contributed by atoms with Crippen LogP contribution < -0.4 is 0 Å². The summed E-state index contributed by atoms with van der Waals surface area (Å²) in [5.74, 6) is 1.44. The molecule has 0 nitrogen and oxygen atoms in total. The van der Waals surface area contributed by atoms with Crippen LogP contribution in [0.25, 0.3) is 0 Å².